The van der Waals surface area contributed by atoms with E-state index in [1.165, 1.54) is 25.7 Å². The van der Waals surface area contributed by atoms with Gasteiger partial charge in [0.2, 0.25) is 11.8 Å². The molecule has 156 valence electrons. The fourth-order valence-corrected chi connectivity index (χ4v) is 3.97. The molecule has 7 heteroatoms. The van der Waals surface area contributed by atoms with Gasteiger partial charge in [-0.15, -0.1) is 0 Å². The SMILES string of the molecule is O=C(CNC(=O)C1CC=CCC1C(=O)O)Nc1ccc(N2CCCCCC2)cc1. The summed E-state index contributed by atoms with van der Waals surface area (Å²) in [7, 11) is 0. The third-order valence-corrected chi connectivity index (χ3v) is 5.63. The first-order chi connectivity index (χ1) is 14.0. The average molecular weight is 399 g/mol. The molecule has 3 N–H and O–H groups in total. The molecule has 1 heterocycles. The number of rotatable bonds is 6. The molecule has 1 fully saturated rings. The van der Waals surface area contributed by atoms with Gasteiger partial charge in [0.05, 0.1) is 18.4 Å². The van der Waals surface area contributed by atoms with Crippen molar-refractivity contribution >= 4 is 29.2 Å². The fraction of sp³-hybridized carbons (Fsp3) is 0.500. The number of amides is 2. The van der Waals surface area contributed by atoms with E-state index >= 15 is 0 Å². The van der Waals surface area contributed by atoms with Crippen molar-refractivity contribution in [1.82, 2.24) is 5.32 Å². The van der Waals surface area contributed by atoms with E-state index in [0.717, 1.165) is 18.8 Å². The average Bonchev–Trinajstić information content (AvgIpc) is 3.02. The minimum absolute atomic E-state index is 0.181. The van der Waals surface area contributed by atoms with E-state index in [0.29, 0.717) is 18.5 Å². The second-order valence-electron chi connectivity index (χ2n) is 7.71. The van der Waals surface area contributed by atoms with Crippen LogP contribution in [0.4, 0.5) is 11.4 Å². The van der Waals surface area contributed by atoms with Gasteiger partial charge in [0.25, 0.3) is 0 Å². The molecule has 7 nitrogen and oxygen atoms in total. The van der Waals surface area contributed by atoms with Crippen molar-refractivity contribution in [2.45, 2.75) is 38.5 Å². The Morgan fingerprint density at radius 2 is 1.55 bits per heavy atom. The largest absolute Gasteiger partial charge is 0.481 e. The lowest BCUT2D eigenvalue weighted by Crippen LogP contribution is -2.41. The number of carboxylic acids is 1. The van der Waals surface area contributed by atoms with E-state index in [-0.39, 0.29) is 12.5 Å². The Morgan fingerprint density at radius 1 is 0.931 bits per heavy atom. The molecule has 0 bridgehead atoms. The number of benzene rings is 1. The van der Waals surface area contributed by atoms with Gasteiger partial charge in [-0.05, 0) is 49.9 Å². The smallest absolute Gasteiger partial charge is 0.307 e. The maximum atomic E-state index is 12.3. The molecule has 2 aliphatic rings. The van der Waals surface area contributed by atoms with E-state index in [1.54, 1.807) is 6.08 Å². The van der Waals surface area contributed by atoms with E-state index in [4.69, 9.17) is 0 Å². The third kappa shape index (κ3) is 5.82. The molecule has 1 aromatic rings. The van der Waals surface area contributed by atoms with Crippen LogP contribution in [0.2, 0.25) is 0 Å². The highest BCUT2D eigenvalue weighted by Gasteiger charge is 2.33. The third-order valence-electron chi connectivity index (χ3n) is 5.63. The van der Waals surface area contributed by atoms with Crippen LogP contribution in [0.3, 0.4) is 0 Å². The molecule has 2 unspecified atom stereocenters. The van der Waals surface area contributed by atoms with Crippen molar-refractivity contribution in [3.05, 3.63) is 36.4 Å². The summed E-state index contributed by atoms with van der Waals surface area (Å²) >= 11 is 0. The maximum absolute atomic E-state index is 12.3. The van der Waals surface area contributed by atoms with Crippen molar-refractivity contribution in [3.63, 3.8) is 0 Å². The maximum Gasteiger partial charge on any atom is 0.307 e. The van der Waals surface area contributed by atoms with E-state index in [2.05, 4.69) is 15.5 Å². The van der Waals surface area contributed by atoms with Crippen LogP contribution in [0.25, 0.3) is 0 Å². The molecule has 0 aromatic heterocycles. The molecule has 1 saturated heterocycles. The van der Waals surface area contributed by atoms with Crippen LogP contribution in [0.5, 0.6) is 0 Å². The van der Waals surface area contributed by atoms with E-state index < -0.39 is 23.7 Å². The predicted molar refractivity (Wildman–Crippen MR) is 112 cm³/mol. The molecule has 2 amide bonds. The van der Waals surface area contributed by atoms with Crippen LogP contribution in [0, 0.1) is 11.8 Å². The Morgan fingerprint density at radius 3 is 2.17 bits per heavy atom. The lowest BCUT2D eigenvalue weighted by atomic mass is 9.82. The topological polar surface area (TPSA) is 98.7 Å². The zero-order valence-electron chi connectivity index (χ0n) is 16.6. The van der Waals surface area contributed by atoms with Crippen LogP contribution in [0.15, 0.2) is 36.4 Å². The zero-order valence-corrected chi connectivity index (χ0v) is 16.6. The summed E-state index contributed by atoms with van der Waals surface area (Å²) in [6.07, 6.45) is 9.28. The first-order valence-electron chi connectivity index (χ1n) is 10.3. The quantitative estimate of drug-likeness (QED) is 0.639. The minimum atomic E-state index is -0.983. The number of carbonyl (C=O) groups is 3. The summed E-state index contributed by atoms with van der Waals surface area (Å²) in [6, 6.07) is 7.75. The van der Waals surface area contributed by atoms with Gasteiger partial charge in [-0.2, -0.15) is 0 Å². The second-order valence-corrected chi connectivity index (χ2v) is 7.71. The molecule has 1 aliphatic heterocycles. The minimum Gasteiger partial charge on any atom is -0.481 e. The highest BCUT2D eigenvalue weighted by Crippen LogP contribution is 2.26. The predicted octanol–water partition coefficient (Wildman–Crippen LogP) is 2.79. The van der Waals surface area contributed by atoms with Crippen molar-refractivity contribution in [2.24, 2.45) is 11.8 Å². The standard InChI is InChI=1S/C22H29N3O4/c26-20(15-23-21(27)18-7-3-4-8-19(18)22(28)29)24-16-9-11-17(12-10-16)25-13-5-1-2-6-14-25/h3-4,9-12,18-19H,1-2,5-8,13-15H2,(H,23,27)(H,24,26)(H,28,29). The van der Waals surface area contributed by atoms with Crippen LogP contribution < -0.4 is 15.5 Å². The fourth-order valence-electron chi connectivity index (χ4n) is 3.97. The van der Waals surface area contributed by atoms with Gasteiger partial charge in [-0.3, -0.25) is 14.4 Å². The Balaban J connectivity index is 1.48. The molecular weight excluding hydrogens is 370 g/mol. The number of nitrogens with one attached hydrogen (secondary N) is 2. The summed E-state index contributed by atoms with van der Waals surface area (Å²) in [5.74, 6) is -3.09. The Labute approximate surface area is 171 Å². The molecule has 2 atom stereocenters. The lowest BCUT2D eigenvalue weighted by molar-refractivity contribution is -0.147. The van der Waals surface area contributed by atoms with E-state index in [1.807, 2.05) is 30.3 Å². The van der Waals surface area contributed by atoms with Gasteiger partial charge >= 0.3 is 5.97 Å². The van der Waals surface area contributed by atoms with Gasteiger partial charge < -0.3 is 20.6 Å². The summed E-state index contributed by atoms with van der Waals surface area (Å²) in [4.78, 5) is 38.2. The first-order valence-corrected chi connectivity index (χ1v) is 10.3. The molecule has 0 saturated carbocycles. The first kappa shape index (κ1) is 20.9. The Hall–Kier alpha value is -2.83. The summed E-state index contributed by atoms with van der Waals surface area (Å²) < 4.78 is 0. The highest BCUT2D eigenvalue weighted by molar-refractivity contribution is 5.95. The molecule has 1 aliphatic carbocycles. The van der Waals surface area contributed by atoms with Gasteiger partial charge in [0, 0.05) is 24.5 Å². The normalized spacial score (nSPS) is 21.9. The number of aliphatic carboxylic acids is 1. The van der Waals surface area contributed by atoms with Gasteiger partial charge in [-0.25, -0.2) is 0 Å². The number of allylic oxidation sites excluding steroid dienone is 2. The van der Waals surface area contributed by atoms with Gasteiger partial charge in [-0.1, -0.05) is 25.0 Å². The number of hydrogen-bond acceptors (Lipinski definition) is 4. The summed E-state index contributed by atoms with van der Waals surface area (Å²) in [5, 5.41) is 14.6. The number of nitrogens with zero attached hydrogens (tertiary/aromatic N) is 1. The van der Waals surface area contributed by atoms with Crippen molar-refractivity contribution < 1.29 is 19.5 Å². The lowest BCUT2D eigenvalue weighted by Gasteiger charge is -2.24. The molecular formula is C22H29N3O4. The number of hydrogen-bond donors (Lipinski definition) is 3. The number of anilines is 2. The van der Waals surface area contributed by atoms with Crippen LogP contribution in [0.1, 0.15) is 38.5 Å². The molecule has 3 rings (SSSR count). The number of carboxylic acid groups (broad SMARTS) is 1. The Bertz CT molecular complexity index is 752. The second kappa shape index (κ2) is 10.1. The van der Waals surface area contributed by atoms with Gasteiger partial charge in [0.15, 0.2) is 0 Å². The van der Waals surface area contributed by atoms with Crippen LogP contribution >= 0.6 is 0 Å². The highest BCUT2D eigenvalue weighted by atomic mass is 16.4. The molecule has 0 spiro atoms. The molecule has 0 radical (unpaired) electrons. The summed E-state index contributed by atoms with van der Waals surface area (Å²) in [5.41, 5.74) is 1.83. The molecule has 1 aromatic carbocycles. The number of carbonyl (C=O) groups excluding carboxylic acids is 2. The Kier molecular flexibility index (Phi) is 7.27. The van der Waals surface area contributed by atoms with Crippen molar-refractivity contribution in [1.29, 1.82) is 0 Å². The monoisotopic (exact) mass is 399 g/mol. The summed E-state index contributed by atoms with van der Waals surface area (Å²) in [6.45, 7) is 1.94. The van der Waals surface area contributed by atoms with Crippen LogP contribution in [-0.2, 0) is 14.4 Å². The zero-order chi connectivity index (χ0) is 20.6. The molecule has 29 heavy (non-hydrogen) atoms. The van der Waals surface area contributed by atoms with E-state index in [9.17, 15) is 19.5 Å². The van der Waals surface area contributed by atoms with Crippen LogP contribution in [-0.4, -0.2) is 42.5 Å². The van der Waals surface area contributed by atoms with Crippen molar-refractivity contribution in [2.75, 3.05) is 29.9 Å². The van der Waals surface area contributed by atoms with Gasteiger partial charge in [0.1, 0.15) is 0 Å². The van der Waals surface area contributed by atoms with Crippen molar-refractivity contribution in [3.8, 4) is 0 Å².